The van der Waals surface area contributed by atoms with E-state index in [1.807, 2.05) is 72.9 Å². The van der Waals surface area contributed by atoms with Crippen molar-refractivity contribution < 1.29 is 0 Å². The van der Waals surface area contributed by atoms with Crippen molar-refractivity contribution in [1.29, 1.82) is 0 Å². The number of nitrogens with zero attached hydrogens (tertiary/aromatic N) is 3. The zero-order valence-corrected chi connectivity index (χ0v) is 17.0. The lowest BCUT2D eigenvalue weighted by Gasteiger charge is -2.13. The molecule has 0 saturated heterocycles. The van der Waals surface area contributed by atoms with Gasteiger partial charge in [-0.15, -0.1) is 0 Å². The summed E-state index contributed by atoms with van der Waals surface area (Å²) < 4.78 is 0. The van der Waals surface area contributed by atoms with E-state index < -0.39 is 0 Å². The number of benzene rings is 3. The number of aromatic nitrogens is 5. The van der Waals surface area contributed by atoms with Gasteiger partial charge in [0.05, 0.1) is 17.7 Å². The molecule has 0 radical (unpaired) electrons. The Kier molecular flexibility index (Phi) is 4.11. The van der Waals surface area contributed by atoms with Crippen LogP contribution in [0.1, 0.15) is 0 Å². The first-order chi connectivity index (χ1) is 15.8. The molecule has 3 heterocycles. The molecule has 0 aliphatic carbocycles. The highest BCUT2D eigenvalue weighted by molar-refractivity contribution is 5.93. The topological polar surface area (TPSA) is 108 Å². The van der Waals surface area contributed by atoms with Crippen molar-refractivity contribution >= 4 is 39.4 Å². The Morgan fingerprint density at radius 3 is 2.62 bits per heavy atom. The van der Waals surface area contributed by atoms with Gasteiger partial charge in [0.15, 0.2) is 5.65 Å². The molecule has 0 spiro atoms. The van der Waals surface area contributed by atoms with Crippen molar-refractivity contribution in [3.05, 3.63) is 85.3 Å². The van der Waals surface area contributed by atoms with Gasteiger partial charge in [-0.05, 0) is 29.8 Å². The van der Waals surface area contributed by atoms with E-state index in [-0.39, 0.29) is 0 Å². The summed E-state index contributed by atoms with van der Waals surface area (Å²) in [6, 6.07) is 24.2. The number of anilines is 3. The number of fused-ring (bicyclic) bond motifs is 2. The van der Waals surface area contributed by atoms with E-state index in [1.54, 1.807) is 6.33 Å². The third-order valence-corrected chi connectivity index (χ3v) is 5.55. The average Bonchev–Trinajstić information content (AvgIpc) is 3.49. The van der Waals surface area contributed by atoms with Crippen LogP contribution in [0.15, 0.2) is 85.3 Å². The maximum atomic E-state index is 6.51. The van der Waals surface area contributed by atoms with Crippen molar-refractivity contribution in [2.24, 2.45) is 0 Å². The summed E-state index contributed by atoms with van der Waals surface area (Å²) in [5, 5.41) is 4.41. The van der Waals surface area contributed by atoms with Gasteiger partial charge in [0.2, 0.25) is 5.95 Å². The molecule has 3 aromatic carbocycles. The fourth-order valence-electron chi connectivity index (χ4n) is 3.96. The van der Waals surface area contributed by atoms with E-state index >= 15 is 0 Å². The molecular formula is C25H19N7. The van der Waals surface area contributed by atoms with Crippen LogP contribution in [0.25, 0.3) is 44.5 Å². The summed E-state index contributed by atoms with van der Waals surface area (Å²) >= 11 is 0. The number of H-pyrrole nitrogens is 2. The van der Waals surface area contributed by atoms with E-state index in [9.17, 15) is 0 Å². The van der Waals surface area contributed by atoms with Crippen LogP contribution in [-0.4, -0.2) is 24.9 Å². The standard InChI is InChI=1S/C25H19N7/c26-21-18(15-5-2-1-3-6-15)7-4-8-20(21)30-25-31-22(23-24(32-25)29-14-28-23)17-9-10-19-16(13-17)11-12-27-19/h1-14,27H,26H2,(H2,28,29,30,31,32). The molecule has 154 valence electrons. The number of nitrogens with two attached hydrogens (primary N) is 1. The van der Waals surface area contributed by atoms with Gasteiger partial charge in [0.1, 0.15) is 11.2 Å². The van der Waals surface area contributed by atoms with Gasteiger partial charge in [-0.1, -0.05) is 48.5 Å². The fourth-order valence-corrected chi connectivity index (χ4v) is 3.96. The molecule has 0 aliphatic rings. The lowest BCUT2D eigenvalue weighted by atomic mass is 10.0. The molecule has 0 atom stereocenters. The smallest absolute Gasteiger partial charge is 0.230 e. The minimum atomic E-state index is 0.436. The molecule has 6 aromatic rings. The number of aromatic amines is 2. The zero-order valence-electron chi connectivity index (χ0n) is 17.0. The number of nitrogen functional groups attached to an aromatic ring is 1. The third kappa shape index (κ3) is 3.04. The quantitative estimate of drug-likeness (QED) is 0.284. The van der Waals surface area contributed by atoms with Crippen molar-refractivity contribution in [1.82, 2.24) is 24.9 Å². The number of hydrogen-bond donors (Lipinski definition) is 4. The molecule has 6 rings (SSSR count). The van der Waals surface area contributed by atoms with Crippen LogP contribution in [0.2, 0.25) is 0 Å². The van der Waals surface area contributed by atoms with Crippen molar-refractivity contribution in [2.75, 3.05) is 11.1 Å². The Balaban J connectivity index is 1.44. The van der Waals surface area contributed by atoms with Crippen LogP contribution in [0, 0.1) is 0 Å². The molecule has 32 heavy (non-hydrogen) atoms. The van der Waals surface area contributed by atoms with Crippen LogP contribution in [-0.2, 0) is 0 Å². The molecule has 5 N–H and O–H groups in total. The number of imidazole rings is 1. The zero-order chi connectivity index (χ0) is 21.5. The highest BCUT2D eigenvalue weighted by atomic mass is 15.1. The minimum absolute atomic E-state index is 0.436. The third-order valence-electron chi connectivity index (χ3n) is 5.55. The van der Waals surface area contributed by atoms with Gasteiger partial charge in [0.25, 0.3) is 0 Å². The first kappa shape index (κ1) is 18.1. The second-order valence-corrected chi connectivity index (χ2v) is 7.53. The Bertz CT molecular complexity index is 1560. The highest BCUT2D eigenvalue weighted by Crippen LogP contribution is 2.34. The van der Waals surface area contributed by atoms with Gasteiger partial charge in [0, 0.05) is 28.2 Å². The first-order valence-corrected chi connectivity index (χ1v) is 10.3. The van der Waals surface area contributed by atoms with Gasteiger partial charge in [-0.3, -0.25) is 0 Å². The van der Waals surface area contributed by atoms with E-state index in [4.69, 9.17) is 10.7 Å². The van der Waals surface area contributed by atoms with Crippen LogP contribution in [0.3, 0.4) is 0 Å². The monoisotopic (exact) mass is 417 g/mol. The predicted octanol–water partition coefficient (Wildman–Crippen LogP) is 5.49. The van der Waals surface area contributed by atoms with Crippen LogP contribution < -0.4 is 11.1 Å². The fraction of sp³-hybridized carbons (Fsp3) is 0. The molecule has 0 amide bonds. The van der Waals surface area contributed by atoms with E-state index in [0.717, 1.165) is 44.5 Å². The normalized spacial score (nSPS) is 11.2. The second-order valence-electron chi connectivity index (χ2n) is 7.53. The molecule has 3 aromatic heterocycles. The number of hydrogen-bond acceptors (Lipinski definition) is 5. The van der Waals surface area contributed by atoms with Crippen molar-refractivity contribution in [2.45, 2.75) is 0 Å². The Morgan fingerprint density at radius 2 is 1.72 bits per heavy atom. The van der Waals surface area contributed by atoms with Crippen molar-refractivity contribution in [3.8, 4) is 22.4 Å². The molecule has 0 fully saturated rings. The minimum Gasteiger partial charge on any atom is -0.397 e. The predicted molar refractivity (Wildman–Crippen MR) is 129 cm³/mol. The number of rotatable bonds is 4. The summed E-state index contributed by atoms with van der Waals surface area (Å²) in [5.74, 6) is 0.436. The van der Waals surface area contributed by atoms with Gasteiger partial charge >= 0.3 is 0 Å². The molecule has 0 aliphatic heterocycles. The summed E-state index contributed by atoms with van der Waals surface area (Å²) in [5.41, 5.74) is 14.1. The van der Waals surface area contributed by atoms with Gasteiger partial charge < -0.3 is 21.0 Å². The summed E-state index contributed by atoms with van der Waals surface area (Å²) in [7, 11) is 0. The maximum absolute atomic E-state index is 6.51. The van der Waals surface area contributed by atoms with Crippen molar-refractivity contribution in [3.63, 3.8) is 0 Å². The maximum Gasteiger partial charge on any atom is 0.230 e. The SMILES string of the molecule is Nc1c(Nc2nc(-c3ccc4[nH]ccc4c3)c3[nH]cnc3n2)cccc1-c1ccccc1. The summed E-state index contributed by atoms with van der Waals surface area (Å²) in [4.78, 5) is 20.1. The summed E-state index contributed by atoms with van der Waals surface area (Å²) in [6.07, 6.45) is 3.56. The Hall–Kier alpha value is -4.65. The van der Waals surface area contributed by atoms with E-state index in [1.165, 1.54) is 0 Å². The molecule has 7 nitrogen and oxygen atoms in total. The van der Waals surface area contributed by atoms with Crippen LogP contribution in [0.4, 0.5) is 17.3 Å². The lowest BCUT2D eigenvalue weighted by Crippen LogP contribution is -2.03. The average molecular weight is 417 g/mol. The van der Waals surface area contributed by atoms with Gasteiger partial charge in [-0.2, -0.15) is 4.98 Å². The van der Waals surface area contributed by atoms with E-state index in [0.29, 0.717) is 17.3 Å². The highest BCUT2D eigenvalue weighted by Gasteiger charge is 2.14. The largest absolute Gasteiger partial charge is 0.397 e. The molecule has 0 saturated carbocycles. The Labute approximate surface area is 183 Å². The molecule has 0 unspecified atom stereocenters. The molecule has 7 heteroatoms. The molecule has 0 bridgehead atoms. The second kappa shape index (κ2) is 7.24. The van der Waals surface area contributed by atoms with Crippen LogP contribution >= 0.6 is 0 Å². The molecular weight excluding hydrogens is 398 g/mol. The number of nitrogens with one attached hydrogen (secondary N) is 3. The van der Waals surface area contributed by atoms with Crippen LogP contribution in [0.5, 0.6) is 0 Å². The number of para-hydroxylation sites is 1. The van der Waals surface area contributed by atoms with Gasteiger partial charge in [-0.25, -0.2) is 9.97 Å². The van der Waals surface area contributed by atoms with E-state index in [2.05, 4.69) is 31.3 Å². The lowest BCUT2D eigenvalue weighted by molar-refractivity contribution is 1.20. The summed E-state index contributed by atoms with van der Waals surface area (Å²) in [6.45, 7) is 0. The Morgan fingerprint density at radius 1 is 0.812 bits per heavy atom. The first-order valence-electron chi connectivity index (χ1n) is 10.3.